The van der Waals surface area contributed by atoms with Gasteiger partial charge in [-0.15, -0.1) is 0 Å². The normalized spacial score (nSPS) is 10.4. The minimum atomic E-state index is 0.463. The second-order valence-corrected chi connectivity index (χ2v) is 3.62. The van der Waals surface area contributed by atoms with Crippen molar-refractivity contribution in [1.82, 2.24) is 4.98 Å². The first-order chi connectivity index (χ1) is 7.83. The summed E-state index contributed by atoms with van der Waals surface area (Å²) >= 11 is 0. The highest BCUT2D eigenvalue weighted by atomic mass is 14.7. The molecule has 0 N–H and O–H groups in total. The highest BCUT2D eigenvalue weighted by Crippen LogP contribution is 2.18. The maximum absolute atomic E-state index is 5.61. The molecule has 0 saturated carbocycles. The Morgan fingerprint density at radius 1 is 0.938 bits per heavy atom. The zero-order valence-corrected chi connectivity index (χ0v) is 9.06. The fourth-order valence-electron chi connectivity index (χ4n) is 1.61. The zero-order chi connectivity index (χ0) is 11.4. The van der Waals surface area contributed by atoms with E-state index in [0.29, 0.717) is 12.8 Å². The molecule has 0 atom stereocenters. The molecule has 0 spiro atoms. The van der Waals surface area contributed by atoms with E-state index in [9.17, 15) is 0 Å². The van der Waals surface area contributed by atoms with E-state index in [2.05, 4.69) is 11.1 Å². The number of nitrogens with zero attached hydrogens (tertiary/aromatic N) is 1. The first kappa shape index (κ1) is 10.9. The summed E-state index contributed by atoms with van der Waals surface area (Å²) in [6.45, 7) is 11.2. The molecule has 1 heteroatoms. The molecule has 0 aliphatic heterocycles. The summed E-state index contributed by atoms with van der Waals surface area (Å²) < 4.78 is 0. The molecule has 0 bridgehead atoms. The molecule has 1 aromatic carbocycles. The fraction of sp³-hybridized carbons (Fsp3) is 0.133. The lowest BCUT2D eigenvalue weighted by atomic mass is 10.1. The van der Waals surface area contributed by atoms with Crippen LogP contribution in [0.5, 0.6) is 0 Å². The maximum Gasteiger partial charge on any atom is 0.0705 e. The van der Waals surface area contributed by atoms with Crippen molar-refractivity contribution in [1.29, 1.82) is 0 Å². The van der Waals surface area contributed by atoms with Crippen molar-refractivity contribution in [2.75, 3.05) is 0 Å². The molecule has 1 aromatic heterocycles. The third-order valence-electron chi connectivity index (χ3n) is 2.47. The van der Waals surface area contributed by atoms with Gasteiger partial charge >= 0.3 is 0 Å². The first-order valence-electron chi connectivity index (χ1n) is 5.29. The molecule has 0 aliphatic rings. The standard InChI is InChI=1S/C15H13N/c1-3-12-7-5-8-13(11-12)15-10-6-9-14(4-2)16-15/h1-2,5-11H,3-4H2. The molecule has 1 heterocycles. The number of hydrogen-bond acceptors (Lipinski definition) is 1. The van der Waals surface area contributed by atoms with E-state index < -0.39 is 0 Å². The van der Waals surface area contributed by atoms with Gasteiger partial charge < -0.3 is 0 Å². The summed E-state index contributed by atoms with van der Waals surface area (Å²) in [6, 6.07) is 14.0. The predicted octanol–water partition coefficient (Wildman–Crippen LogP) is 3.26. The van der Waals surface area contributed by atoms with E-state index in [4.69, 9.17) is 13.8 Å². The second kappa shape index (κ2) is 4.93. The van der Waals surface area contributed by atoms with Gasteiger partial charge in [0.05, 0.1) is 5.69 Å². The van der Waals surface area contributed by atoms with Crippen LogP contribution >= 0.6 is 0 Å². The average molecular weight is 207 g/mol. The van der Waals surface area contributed by atoms with Gasteiger partial charge in [-0.1, -0.05) is 24.3 Å². The first-order valence-corrected chi connectivity index (χ1v) is 5.29. The van der Waals surface area contributed by atoms with Gasteiger partial charge in [-0.05, 0) is 50.5 Å². The topological polar surface area (TPSA) is 12.9 Å². The van der Waals surface area contributed by atoms with E-state index in [1.807, 2.05) is 36.4 Å². The second-order valence-electron chi connectivity index (χ2n) is 3.62. The Morgan fingerprint density at radius 2 is 1.75 bits per heavy atom. The molecule has 2 rings (SSSR count). The van der Waals surface area contributed by atoms with Crippen molar-refractivity contribution in [2.24, 2.45) is 0 Å². The van der Waals surface area contributed by atoms with Crippen LogP contribution in [-0.2, 0) is 12.8 Å². The Morgan fingerprint density at radius 3 is 2.50 bits per heavy atom. The fourth-order valence-corrected chi connectivity index (χ4v) is 1.61. The summed E-state index contributed by atoms with van der Waals surface area (Å²) in [5.41, 5.74) is 4.03. The van der Waals surface area contributed by atoms with Crippen molar-refractivity contribution in [3.63, 3.8) is 0 Å². The third-order valence-corrected chi connectivity index (χ3v) is 2.47. The van der Waals surface area contributed by atoms with Crippen LogP contribution in [0.2, 0.25) is 0 Å². The Hall–Kier alpha value is -1.63. The van der Waals surface area contributed by atoms with Crippen LogP contribution in [-0.4, -0.2) is 4.98 Å². The predicted molar refractivity (Wildman–Crippen MR) is 65.7 cm³/mol. The molecule has 0 amide bonds. The minimum absolute atomic E-state index is 0.463. The molecular weight excluding hydrogens is 194 g/mol. The monoisotopic (exact) mass is 207 g/mol. The molecule has 4 radical (unpaired) electrons. The van der Waals surface area contributed by atoms with Gasteiger partial charge in [0, 0.05) is 11.3 Å². The van der Waals surface area contributed by atoms with E-state index in [-0.39, 0.29) is 0 Å². The lowest BCUT2D eigenvalue weighted by Gasteiger charge is -2.04. The van der Waals surface area contributed by atoms with Crippen LogP contribution in [0, 0.1) is 13.8 Å². The van der Waals surface area contributed by atoms with Gasteiger partial charge in [-0.3, -0.25) is 4.98 Å². The minimum Gasteiger partial charge on any atom is -0.253 e. The zero-order valence-electron chi connectivity index (χ0n) is 9.06. The largest absolute Gasteiger partial charge is 0.253 e. The summed E-state index contributed by atoms with van der Waals surface area (Å²) in [6.07, 6.45) is 1.01. The number of hydrogen-bond donors (Lipinski definition) is 0. The number of pyridine rings is 1. The molecule has 1 nitrogen and oxygen atoms in total. The third kappa shape index (κ3) is 2.30. The van der Waals surface area contributed by atoms with Crippen LogP contribution in [0.25, 0.3) is 11.3 Å². The van der Waals surface area contributed by atoms with E-state index >= 15 is 0 Å². The average Bonchev–Trinajstić information content (AvgIpc) is 2.39. The van der Waals surface area contributed by atoms with Gasteiger partial charge in [0.15, 0.2) is 0 Å². The highest BCUT2D eigenvalue weighted by Gasteiger charge is 2.00. The van der Waals surface area contributed by atoms with Crippen molar-refractivity contribution in [3.8, 4) is 11.3 Å². The van der Waals surface area contributed by atoms with Crippen molar-refractivity contribution < 1.29 is 0 Å². The van der Waals surface area contributed by atoms with Crippen LogP contribution < -0.4 is 0 Å². The van der Waals surface area contributed by atoms with E-state index in [1.54, 1.807) is 0 Å². The van der Waals surface area contributed by atoms with Gasteiger partial charge in [-0.2, -0.15) is 0 Å². The Balaban J connectivity index is 2.41. The smallest absolute Gasteiger partial charge is 0.0705 e. The highest BCUT2D eigenvalue weighted by molar-refractivity contribution is 5.60. The van der Waals surface area contributed by atoms with Gasteiger partial charge in [-0.25, -0.2) is 0 Å². The summed E-state index contributed by atoms with van der Waals surface area (Å²) in [5, 5.41) is 0. The molecule has 78 valence electrons. The molecular formula is C15H13N. The van der Waals surface area contributed by atoms with E-state index in [0.717, 1.165) is 22.5 Å². The van der Waals surface area contributed by atoms with Crippen molar-refractivity contribution >= 4 is 0 Å². The Bertz CT molecular complexity index is 429. The molecule has 0 aliphatic carbocycles. The Labute approximate surface area is 97.2 Å². The summed E-state index contributed by atoms with van der Waals surface area (Å²) in [5.74, 6) is 0. The van der Waals surface area contributed by atoms with Crippen LogP contribution in [0.4, 0.5) is 0 Å². The van der Waals surface area contributed by atoms with Crippen LogP contribution in [0.1, 0.15) is 11.3 Å². The molecule has 0 unspecified atom stereocenters. The van der Waals surface area contributed by atoms with Crippen molar-refractivity contribution in [3.05, 3.63) is 67.6 Å². The van der Waals surface area contributed by atoms with Crippen LogP contribution in [0.15, 0.2) is 42.5 Å². The molecule has 0 fully saturated rings. The van der Waals surface area contributed by atoms with Crippen LogP contribution in [0.3, 0.4) is 0 Å². The lowest BCUT2D eigenvalue weighted by Crippen LogP contribution is -1.90. The lowest BCUT2D eigenvalue weighted by molar-refractivity contribution is 1.11. The maximum atomic E-state index is 5.61. The SMILES string of the molecule is [CH]Cc1cccc(-c2cccc(C[CH])n2)c1. The van der Waals surface area contributed by atoms with Gasteiger partial charge in [0.25, 0.3) is 0 Å². The quantitative estimate of drug-likeness (QED) is 0.752. The van der Waals surface area contributed by atoms with Gasteiger partial charge in [0.2, 0.25) is 0 Å². The van der Waals surface area contributed by atoms with Gasteiger partial charge in [0.1, 0.15) is 0 Å². The molecule has 16 heavy (non-hydrogen) atoms. The Kier molecular flexibility index (Phi) is 3.35. The number of aromatic nitrogens is 1. The number of rotatable bonds is 3. The number of benzene rings is 1. The molecule has 2 aromatic rings. The molecule has 0 saturated heterocycles. The summed E-state index contributed by atoms with van der Waals surface area (Å²) in [4.78, 5) is 4.47. The van der Waals surface area contributed by atoms with E-state index in [1.165, 1.54) is 0 Å². The van der Waals surface area contributed by atoms with Crippen molar-refractivity contribution in [2.45, 2.75) is 12.8 Å². The summed E-state index contributed by atoms with van der Waals surface area (Å²) in [7, 11) is 0.